The summed E-state index contributed by atoms with van der Waals surface area (Å²) in [4.78, 5) is 144. The maximum atomic E-state index is 14.5. The Morgan fingerprint density at radius 1 is 0.772 bits per heavy atom. The number of ether oxygens (including phenoxy) is 2. The summed E-state index contributed by atoms with van der Waals surface area (Å²) in [7, 11) is 2.02. The summed E-state index contributed by atoms with van der Waals surface area (Å²) >= 11 is 8.11. The minimum absolute atomic E-state index is 0.0325. The van der Waals surface area contributed by atoms with Crippen molar-refractivity contribution < 1.29 is 57.4 Å². The first-order valence-corrected chi connectivity index (χ1v) is 32.6. The molecule has 6 N–H and O–H groups in total. The zero-order chi connectivity index (χ0) is 65.3. The molecule has 3 aromatic heterocycles. The lowest BCUT2D eigenvalue weighted by molar-refractivity contribution is -0.144. The number of carbonyl (C=O) groups excluding carboxylic acids is 10. The number of aromatic nitrogens is 2. The van der Waals surface area contributed by atoms with Crippen molar-refractivity contribution in [3.05, 3.63) is 136 Å². The fourth-order valence-corrected chi connectivity index (χ4v) is 13.4. The standard InChI is InChI=1S/C69H76ClN9O12S/c1-40(2)65(75-59(83)12-6-5-9-23-78-60(84)21-22-61(78)85)56(81)34-45(10-7-8-11-58(71)82)67(87)72-49-17-13-42(14-18-49)38-90-62(86)31-44-16-20-50-46(29-44)32-52(73-50)55(80)30-43-15-19-51-47(28-43)33-53(74-51)68(88)79-37-48(36-70)64-54(79)35-57(66-63(64)41(3)39-92-66)91-69(89)77-26-24-76(4)25-27-77/h13-22,28-29,32-33,35,39-40,45,48,65,73-74H,5-12,23-27,30-31,34,36-38H2,1-4H3,(H2,71,82)(H,72,87)(H,75,83)/t45-,48-,65+/m1/s1. The van der Waals surface area contributed by atoms with Gasteiger partial charge in [-0.25, -0.2) is 4.79 Å². The number of halogens is 1. The number of benzene rings is 4. The number of imide groups is 1. The minimum atomic E-state index is -0.846. The summed E-state index contributed by atoms with van der Waals surface area (Å²) < 4.78 is 12.6. The SMILES string of the molecule is Cc1csc2c(OC(=O)N3CCN(C)CC3)cc3c(c12)[C@H](CCl)CN3C(=O)c1cc2cc(CC(=O)c3cc4cc(CC(=O)OCc5ccc(NC(=O)[C@H](CCCCC(N)=O)CC(=O)[C@@H](NC(=O)CCCCCN6C(=O)C=CC6=O)C(C)C)cc5)ccc4[nH]3)ccc2[nH]1. The normalized spacial score (nSPS) is 15.6. The van der Waals surface area contributed by atoms with Crippen LogP contribution in [0.2, 0.25) is 0 Å². The lowest BCUT2D eigenvalue weighted by Crippen LogP contribution is -2.48. The zero-order valence-electron chi connectivity index (χ0n) is 52.0. The second kappa shape index (κ2) is 29.5. The molecule has 3 aliphatic rings. The monoisotopic (exact) mass is 1290 g/mol. The number of nitrogens with zero attached hydrogens (tertiary/aromatic N) is 4. The fourth-order valence-electron chi connectivity index (χ4n) is 12.2. The number of ketones is 2. The first kappa shape index (κ1) is 65.9. The topological polar surface area (TPSA) is 284 Å². The zero-order valence-corrected chi connectivity index (χ0v) is 53.6. The van der Waals surface area contributed by atoms with E-state index >= 15 is 0 Å². The van der Waals surface area contributed by atoms with Crippen LogP contribution in [0.5, 0.6) is 5.75 Å². The van der Waals surface area contributed by atoms with Crippen LogP contribution >= 0.6 is 22.9 Å². The fraction of sp³-hybridized carbons (Fsp3) is 0.391. The molecule has 0 bridgehead atoms. The molecule has 3 atom stereocenters. The summed E-state index contributed by atoms with van der Waals surface area (Å²) in [6.07, 6.45) is 5.01. The van der Waals surface area contributed by atoms with E-state index in [1.807, 2.05) is 63.5 Å². The lowest BCUT2D eigenvalue weighted by Gasteiger charge is -2.31. The van der Waals surface area contributed by atoms with E-state index < -0.39 is 35.8 Å². The molecule has 7 aromatic rings. The number of carbonyl (C=O) groups is 10. The van der Waals surface area contributed by atoms with Gasteiger partial charge in [0.25, 0.3) is 17.7 Å². The van der Waals surface area contributed by atoms with Crippen molar-refractivity contribution in [3.8, 4) is 5.75 Å². The van der Waals surface area contributed by atoms with Crippen LogP contribution in [0.4, 0.5) is 16.2 Å². The van der Waals surface area contributed by atoms with E-state index in [1.54, 1.807) is 58.3 Å². The van der Waals surface area contributed by atoms with Gasteiger partial charge in [0, 0.05) is 134 Å². The molecule has 0 saturated carbocycles. The van der Waals surface area contributed by atoms with Gasteiger partial charge in [0.15, 0.2) is 17.3 Å². The number of anilines is 2. The third kappa shape index (κ3) is 15.8. The second-order valence-corrected chi connectivity index (χ2v) is 25.7. The molecule has 0 aliphatic carbocycles. The minimum Gasteiger partial charge on any atom is -0.461 e. The molecular weight excluding hydrogens is 1210 g/mol. The van der Waals surface area contributed by atoms with Crippen molar-refractivity contribution in [3.63, 3.8) is 0 Å². The van der Waals surface area contributed by atoms with Crippen molar-refractivity contribution in [2.24, 2.45) is 17.6 Å². The number of hydrogen-bond acceptors (Lipinski definition) is 14. The maximum Gasteiger partial charge on any atom is 0.415 e. The highest BCUT2D eigenvalue weighted by Crippen LogP contribution is 2.49. The van der Waals surface area contributed by atoms with Crippen molar-refractivity contribution in [2.75, 3.05) is 62.4 Å². The van der Waals surface area contributed by atoms with Gasteiger partial charge < -0.3 is 50.5 Å². The number of fused-ring (bicyclic) bond motifs is 5. The van der Waals surface area contributed by atoms with E-state index in [1.165, 1.54) is 23.5 Å². The van der Waals surface area contributed by atoms with Crippen LogP contribution in [0.3, 0.4) is 0 Å². The van der Waals surface area contributed by atoms with Crippen LogP contribution in [0.1, 0.15) is 126 Å². The van der Waals surface area contributed by atoms with E-state index in [-0.39, 0.29) is 92.3 Å². The molecule has 6 heterocycles. The van der Waals surface area contributed by atoms with Gasteiger partial charge in [0.2, 0.25) is 17.7 Å². The molecule has 0 spiro atoms. The van der Waals surface area contributed by atoms with E-state index in [0.717, 1.165) is 61.1 Å². The summed E-state index contributed by atoms with van der Waals surface area (Å²) in [6.45, 7) is 8.82. The number of thiophene rings is 1. The van der Waals surface area contributed by atoms with Crippen LogP contribution < -0.4 is 26.0 Å². The third-order valence-corrected chi connectivity index (χ3v) is 18.8. The van der Waals surface area contributed by atoms with Gasteiger partial charge in [0.1, 0.15) is 12.3 Å². The average Bonchev–Trinajstić information content (AvgIpc) is 1.57. The number of aromatic amines is 2. The number of nitrogens with one attached hydrogen (secondary N) is 4. The van der Waals surface area contributed by atoms with E-state index in [4.69, 9.17) is 26.8 Å². The van der Waals surface area contributed by atoms with Crippen molar-refractivity contribution in [2.45, 2.75) is 110 Å². The number of aryl methyl sites for hydroxylation is 1. The number of nitrogens with two attached hydrogens (primary N) is 1. The Kier molecular flexibility index (Phi) is 21.2. The number of likely N-dealkylation sites (N-methyl/N-ethyl adjacent to an activating group) is 1. The number of rotatable bonds is 28. The number of amides is 7. The molecule has 1 saturated heterocycles. The van der Waals surface area contributed by atoms with Crippen molar-refractivity contribution >= 4 is 125 Å². The maximum absolute atomic E-state index is 14.5. The molecule has 4 aromatic carbocycles. The van der Waals surface area contributed by atoms with Gasteiger partial charge in [-0.05, 0) is 127 Å². The largest absolute Gasteiger partial charge is 0.461 e. The highest BCUT2D eigenvalue weighted by atomic mass is 35.5. The molecule has 10 rings (SSSR count). The summed E-state index contributed by atoms with van der Waals surface area (Å²) in [5, 5.41) is 10.2. The van der Waals surface area contributed by atoms with E-state index in [0.29, 0.717) is 109 Å². The molecule has 0 unspecified atom stereocenters. The summed E-state index contributed by atoms with van der Waals surface area (Å²) in [6, 6.07) is 22.3. The number of alkyl halides is 1. The third-order valence-electron chi connectivity index (χ3n) is 17.3. The average molecular weight is 1290 g/mol. The van der Waals surface area contributed by atoms with E-state index in [2.05, 4.69) is 25.5 Å². The predicted octanol–water partition coefficient (Wildman–Crippen LogP) is 9.80. The first-order valence-electron chi connectivity index (χ1n) is 31.2. The van der Waals surface area contributed by atoms with Crippen LogP contribution in [-0.2, 0) is 57.7 Å². The number of hydrogen-bond donors (Lipinski definition) is 5. The number of esters is 1. The van der Waals surface area contributed by atoms with Gasteiger partial charge in [0.05, 0.1) is 28.5 Å². The second-order valence-electron chi connectivity index (χ2n) is 24.5. The van der Waals surface area contributed by atoms with Crippen LogP contribution in [0.15, 0.2) is 96.4 Å². The predicted molar refractivity (Wildman–Crippen MR) is 352 cm³/mol. The molecule has 0 radical (unpaired) electrons. The van der Waals surface area contributed by atoms with Crippen LogP contribution in [0, 0.1) is 18.8 Å². The van der Waals surface area contributed by atoms with Gasteiger partial charge in [-0.3, -0.25) is 48.1 Å². The molecular formula is C69H76ClN9O12S. The molecule has 23 heteroatoms. The molecule has 482 valence electrons. The van der Waals surface area contributed by atoms with Gasteiger partial charge >= 0.3 is 12.1 Å². The number of H-pyrrole nitrogens is 2. The van der Waals surface area contributed by atoms with Crippen LogP contribution in [-0.4, -0.2) is 142 Å². The van der Waals surface area contributed by atoms with E-state index in [9.17, 15) is 47.9 Å². The number of primary amides is 1. The van der Waals surface area contributed by atoms with Gasteiger partial charge in [-0.2, -0.15) is 0 Å². The first-order chi connectivity index (χ1) is 44.2. The van der Waals surface area contributed by atoms with Gasteiger partial charge in [-0.15, -0.1) is 22.9 Å². The lowest BCUT2D eigenvalue weighted by atomic mass is 9.88. The number of piperazine rings is 1. The summed E-state index contributed by atoms with van der Waals surface area (Å²) in [5.41, 5.74) is 12.7. The Morgan fingerprint density at radius 3 is 2.10 bits per heavy atom. The Hall–Kier alpha value is -8.99. The Morgan fingerprint density at radius 2 is 1.42 bits per heavy atom. The van der Waals surface area contributed by atoms with Crippen molar-refractivity contribution in [1.29, 1.82) is 0 Å². The van der Waals surface area contributed by atoms with Gasteiger partial charge in [-0.1, -0.05) is 51.0 Å². The number of unbranched alkanes of at least 4 members (excludes halogenated alkanes) is 3. The quantitative estimate of drug-likeness (QED) is 0.0100. The Balaban J connectivity index is 0.707. The van der Waals surface area contributed by atoms with Crippen LogP contribution in [0.25, 0.3) is 31.9 Å². The highest BCUT2D eigenvalue weighted by molar-refractivity contribution is 7.17. The molecule has 1 fully saturated rings. The molecule has 92 heavy (non-hydrogen) atoms. The smallest absolute Gasteiger partial charge is 0.415 e. The molecule has 7 amide bonds. The molecule has 3 aliphatic heterocycles. The summed E-state index contributed by atoms with van der Waals surface area (Å²) in [5.74, 6) is -3.60. The Labute approximate surface area is 541 Å². The molecule has 21 nitrogen and oxygen atoms in total. The Bertz CT molecular complexity index is 4010. The number of Topliss-reactive ketones (excluding diaryl/α,β-unsaturated/α-hetero) is 2. The highest BCUT2D eigenvalue weighted by Gasteiger charge is 2.38. The van der Waals surface area contributed by atoms with Crippen molar-refractivity contribution in [1.82, 2.24) is 30.0 Å².